The van der Waals surface area contributed by atoms with E-state index in [0.717, 1.165) is 11.1 Å². The van der Waals surface area contributed by atoms with Gasteiger partial charge < -0.3 is 19.2 Å². The molecule has 0 aliphatic rings. The highest BCUT2D eigenvalue weighted by molar-refractivity contribution is 5.83. The van der Waals surface area contributed by atoms with Crippen LogP contribution >= 0.6 is 0 Å². The lowest BCUT2D eigenvalue weighted by molar-refractivity contribution is -0.123. The van der Waals surface area contributed by atoms with E-state index in [9.17, 15) is 9.59 Å². The highest BCUT2D eigenvalue weighted by Gasteiger charge is 2.19. The maximum Gasteiger partial charge on any atom is 0.258 e. The summed E-state index contributed by atoms with van der Waals surface area (Å²) in [4.78, 5) is 25.6. The maximum absolute atomic E-state index is 13.2. The summed E-state index contributed by atoms with van der Waals surface area (Å²) in [5.41, 5.74) is 2.72. The van der Waals surface area contributed by atoms with Crippen LogP contribution in [0.4, 0.5) is 0 Å². The first-order valence-corrected chi connectivity index (χ1v) is 10.2. The third-order valence-corrected chi connectivity index (χ3v) is 5.04. The summed E-state index contributed by atoms with van der Waals surface area (Å²) in [5.74, 6) is 0.612. The molecule has 1 amide bonds. The van der Waals surface area contributed by atoms with Gasteiger partial charge in [-0.05, 0) is 54.4 Å². The standard InChI is InChI=1S/C26H23NO5/c1-17-8-13-21-22(14-17)32-25(19-9-11-20(30-2)12-10-19)26(24(21)29)31-16-23(28)27-15-18-6-4-3-5-7-18/h3-14H,15-16H2,1-2H3,(H,27,28). The van der Waals surface area contributed by atoms with Gasteiger partial charge in [-0.2, -0.15) is 0 Å². The molecule has 0 aliphatic heterocycles. The molecule has 0 unspecified atom stereocenters. The molecule has 0 bridgehead atoms. The quantitative estimate of drug-likeness (QED) is 0.469. The van der Waals surface area contributed by atoms with Crippen molar-refractivity contribution in [2.24, 2.45) is 0 Å². The van der Waals surface area contributed by atoms with Gasteiger partial charge in [-0.1, -0.05) is 36.4 Å². The molecule has 0 spiro atoms. The van der Waals surface area contributed by atoms with Crippen molar-refractivity contribution in [3.63, 3.8) is 0 Å². The second-order valence-corrected chi connectivity index (χ2v) is 7.37. The molecule has 32 heavy (non-hydrogen) atoms. The highest BCUT2D eigenvalue weighted by atomic mass is 16.5. The normalized spacial score (nSPS) is 10.7. The highest BCUT2D eigenvalue weighted by Crippen LogP contribution is 2.32. The smallest absolute Gasteiger partial charge is 0.258 e. The van der Waals surface area contributed by atoms with Crippen LogP contribution in [0.25, 0.3) is 22.3 Å². The second kappa shape index (κ2) is 9.39. The van der Waals surface area contributed by atoms with E-state index in [2.05, 4.69) is 5.32 Å². The van der Waals surface area contributed by atoms with E-state index >= 15 is 0 Å². The molecule has 162 valence electrons. The second-order valence-electron chi connectivity index (χ2n) is 7.37. The minimum atomic E-state index is -0.335. The van der Waals surface area contributed by atoms with E-state index in [-0.39, 0.29) is 29.5 Å². The van der Waals surface area contributed by atoms with Crippen LogP contribution in [0.15, 0.2) is 82.0 Å². The average Bonchev–Trinajstić information content (AvgIpc) is 2.82. The minimum Gasteiger partial charge on any atom is -0.497 e. The van der Waals surface area contributed by atoms with E-state index in [0.29, 0.717) is 28.8 Å². The minimum absolute atomic E-state index is 0.00128. The molecular weight excluding hydrogens is 406 g/mol. The third-order valence-electron chi connectivity index (χ3n) is 5.04. The van der Waals surface area contributed by atoms with Gasteiger partial charge in [0.15, 0.2) is 12.4 Å². The van der Waals surface area contributed by atoms with Crippen molar-refractivity contribution < 1.29 is 18.7 Å². The van der Waals surface area contributed by atoms with Crippen molar-refractivity contribution in [1.82, 2.24) is 5.32 Å². The molecule has 4 aromatic rings. The van der Waals surface area contributed by atoms with Gasteiger partial charge in [-0.3, -0.25) is 9.59 Å². The molecule has 0 atom stereocenters. The van der Waals surface area contributed by atoms with E-state index in [1.807, 2.05) is 43.3 Å². The lowest BCUT2D eigenvalue weighted by Crippen LogP contribution is -2.29. The molecule has 4 rings (SSSR count). The van der Waals surface area contributed by atoms with Crippen molar-refractivity contribution in [1.29, 1.82) is 0 Å². The van der Waals surface area contributed by atoms with Crippen molar-refractivity contribution >= 4 is 16.9 Å². The fourth-order valence-corrected chi connectivity index (χ4v) is 3.33. The van der Waals surface area contributed by atoms with Crippen LogP contribution in [0.5, 0.6) is 11.5 Å². The molecule has 3 aromatic carbocycles. The summed E-state index contributed by atoms with van der Waals surface area (Å²) in [6.07, 6.45) is 0. The Morgan fingerprint density at radius 1 is 1.00 bits per heavy atom. The Morgan fingerprint density at radius 2 is 1.75 bits per heavy atom. The van der Waals surface area contributed by atoms with Gasteiger partial charge in [0.05, 0.1) is 12.5 Å². The molecule has 0 radical (unpaired) electrons. The summed E-state index contributed by atoms with van der Waals surface area (Å²) in [6, 6.07) is 22.0. The van der Waals surface area contributed by atoms with Crippen LogP contribution in [0.2, 0.25) is 0 Å². The Labute approximate surface area is 185 Å². The van der Waals surface area contributed by atoms with E-state index in [4.69, 9.17) is 13.9 Å². The van der Waals surface area contributed by atoms with Gasteiger partial charge >= 0.3 is 0 Å². The number of rotatable bonds is 7. The molecule has 6 nitrogen and oxygen atoms in total. The number of hydrogen-bond acceptors (Lipinski definition) is 5. The van der Waals surface area contributed by atoms with Crippen LogP contribution in [0.1, 0.15) is 11.1 Å². The van der Waals surface area contributed by atoms with E-state index in [1.54, 1.807) is 43.5 Å². The molecule has 1 aromatic heterocycles. The SMILES string of the molecule is COc1ccc(-c2oc3cc(C)ccc3c(=O)c2OCC(=O)NCc2ccccc2)cc1. The van der Waals surface area contributed by atoms with Gasteiger partial charge in [0, 0.05) is 12.1 Å². The predicted molar refractivity (Wildman–Crippen MR) is 123 cm³/mol. The lowest BCUT2D eigenvalue weighted by Gasteiger charge is -2.12. The molecule has 1 heterocycles. The Hall–Kier alpha value is -4.06. The number of carbonyl (C=O) groups excluding carboxylic acids is 1. The molecule has 1 N–H and O–H groups in total. The summed E-state index contributed by atoms with van der Waals surface area (Å²) >= 11 is 0. The summed E-state index contributed by atoms with van der Waals surface area (Å²) < 4.78 is 17.0. The zero-order valence-electron chi connectivity index (χ0n) is 17.9. The number of carbonyl (C=O) groups is 1. The van der Waals surface area contributed by atoms with Crippen molar-refractivity contribution in [3.05, 3.63) is 94.1 Å². The molecule has 0 fully saturated rings. The van der Waals surface area contributed by atoms with E-state index < -0.39 is 0 Å². The zero-order valence-corrected chi connectivity index (χ0v) is 17.9. The number of amides is 1. The van der Waals surface area contributed by atoms with Crippen LogP contribution in [-0.4, -0.2) is 19.6 Å². The Kier molecular flexibility index (Phi) is 6.22. The van der Waals surface area contributed by atoms with E-state index in [1.165, 1.54) is 0 Å². The van der Waals surface area contributed by atoms with Gasteiger partial charge in [-0.25, -0.2) is 0 Å². The summed E-state index contributed by atoms with van der Waals surface area (Å²) in [6.45, 7) is 1.99. The lowest BCUT2D eigenvalue weighted by atomic mass is 10.1. The van der Waals surface area contributed by atoms with Crippen LogP contribution in [-0.2, 0) is 11.3 Å². The number of nitrogens with one attached hydrogen (secondary N) is 1. The first-order valence-electron chi connectivity index (χ1n) is 10.2. The third kappa shape index (κ3) is 4.64. The number of benzene rings is 3. The van der Waals surface area contributed by atoms with Crippen molar-refractivity contribution in [3.8, 4) is 22.8 Å². The number of hydrogen-bond donors (Lipinski definition) is 1. The van der Waals surface area contributed by atoms with Gasteiger partial charge in [0.1, 0.15) is 11.3 Å². The molecule has 6 heteroatoms. The monoisotopic (exact) mass is 429 g/mol. The largest absolute Gasteiger partial charge is 0.497 e. The van der Waals surface area contributed by atoms with Crippen LogP contribution in [0, 0.1) is 6.92 Å². The first kappa shape index (κ1) is 21.2. The van der Waals surface area contributed by atoms with Crippen molar-refractivity contribution in [2.75, 3.05) is 13.7 Å². The topological polar surface area (TPSA) is 77.8 Å². The number of aryl methyl sites for hydroxylation is 1. The maximum atomic E-state index is 13.2. The first-order chi connectivity index (χ1) is 15.5. The molecule has 0 saturated carbocycles. The molecule has 0 aliphatic carbocycles. The summed E-state index contributed by atoms with van der Waals surface area (Å²) in [5, 5.41) is 3.19. The number of ether oxygens (including phenoxy) is 2. The van der Waals surface area contributed by atoms with Gasteiger partial charge in [0.25, 0.3) is 5.91 Å². The fraction of sp³-hybridized carbons (Fsp3) is 0.154. The Morgan fingerprint density at radius 3 is 2.47 bits per heavy atom. The molecular formula is C26H23NO5. The predicted octanol–water partition coefficient (Wildman–Crippen LogP) is 4.47. The zero-order chi connectivity index (χ0) is 22.5. The average molecular weight is 429 g/mol. The van der Waals surface area contributed by atoms with Gasteiger partial charge in [-0.15, -0.1) is 0 Å². The Bertz CT molecular complexity index is 1290. The number of fused-ring (bicyclic) bond motifs is 1. The Balaban J connectivity index is 1.63. The van der Waals surface area contributed by atoms with Crippen LogP contribution in [0.3, 0.4) is 0 Å². The number of methoxy groups -OCH3 is 1. The summed E-state index contributed by atoms with van der Waals surface area (Å²) in [7, 11) is 1.58. The van der Waals surface area contributed by atoms with Crippen LogP contribution < -0.4 is 20.2 Å². The van der Waals surface area contributed by atoms with Gasteiger partial charge in [0.2, 0.25) is 11.2 Å². The molecule has 0 saturated heterocycles. The van der Waals surface area contributed by atoms with Crippen molar-refractivity contribution in [2.45, 2.75) is 13.5 Å². The fourth-order valence-electron chi connectivity index (χ4n) is 3.33.